The summed E-state index contributed by atoms with van der Waals surface area (Å²) in [6.07, 6.45) is 73.0. The van der Waals surface area contributed by atoms with E-state index in [4.69, 9.17) is 13.8 Å². The standard InChI is InChI=1S/C67H123N2O7P/c1-7-10-13-16-19-22-25-27-28-29-30-31-32-33-34-35-36-37-38-39-40-42-44-47-50-53-56-59-66(70)68-64(63-75-77(72,73)74-62-61-69(4,5)6)65(58-55-52-49-46-43-24-21-18-15-12-9-3)76-67(71)60-57-54-51-48-45-41-26-23-20-17-14-11-8-2/h10,13,19,22,27-28,30-31,33-34,55,58,64-65H,7-9,11-12,14-18,20-21,23-26,29,32,35-54,56-57,59-63H2,1-6H3,(H-,68,70,72,73)/b13-10-,22-19-,28-27-,31-30-,34-33-,58-55-. The number of rotatable bonds is 58. The maximum Gasteiger partial charge on any atom is 0.306 e. The number of nitrogens with zero attached hydrogens (tertiary/aromatic N) is 1. The molecular formula is C67H123N2O7P. The molecule has 0 rings (SSSR count). The van der Waals surface area contributed by atoms with Gasteiger partial charge in [0.05, 0.1) is 33.8 Å². The highest BCUT2D eigenvalue weighted by molar-refractivity contribution is 7.45. The Bertz CT molecular complexity index is 1550. The van der Waals surface area contributed by atoms with Crippen molar-refractivity contribution in [1.29, 1.82) is 0 Å². The molecule has 0 aromatic carbocycles. The predicted octanol–water partition coefficient (Wildman–Crippen LogP) is 19.4. The van der Waals surface area contributed by atoms with Gasteiger partial charge in [-0.05, 0) is 76.7 Å². The topological polar surface area (TPSA) is 114 Å². The van der Waals surface area contributed by atoms with Gasteiger partial charge in [0, 0.05) is 12.8 Å². The monoisotopic (exact) mass is 1100 g/mol. The number of phosphoric ester groups is 1. The van der Waals surface area contributed by atoms with Crippen LogP contribution in [-0.2, 0) is 27.9 Å². The number of esters is 1. The molecule has 448 valence electrons. The van der Waals surface area contributed by atoms with Crippen molar-refractivity contribution in [3.05, 3.63) is 72.9 Å². The van der Waals surface area contributed by atoms with E-state index in [1.54, 1.807) is 0 Å². The first-order valence-electron chi connectivity index (χ1n) is 32.2. The lowest BCUT2D eigenvalue weighted by Crippen LogP contribution is -2.47. The molecule has 9 nitrogen and oxygen atoms in total. The summed E-state index contributed by atoms with van der Waals surface area (Å²) in [5.74, 6) is -0.539. The van der Waals surface area contributed by atoms with E-state index in [0.717, 1.165) is 96.3 Å². The van der Waals surface area contributed by atoms with Crippen LogP contribution in [0.1, 0.15) is 290 Å². The van der Waals surface area contributed by atoms with Crippen LogP contribution in [0.15, 0.2) is 72.9 Å². The average molecular weight is 1100 g/mol. The summed E-state index contributed by atoms with van der Waals surface area (Å²) in [5, 5.41) is 3.03. The molecular weight excluding hydrogens is 976 g/mol. The number of unbranched alkanes of at least 4 members (excludes halogenated alkanes) is 32. The third-order valence-electron chi connectivity index (χ3n) is 14.2. The molecule has 0 saturated heterocycles. The van der Waals surface area contributed by atoms with Crippen molar-refractivity contribution in [2.75, 3.05) is 40.9 Å². The Balaban J connectivity index is 5.02. The predicted molar refractivity (Wildman–Crippen MR) is 330 cm³/mol. The van der Waals surface area contributed by atoms with Crippen molar-refractivity contribution in [1.82, 2.24) is 5.32 Å². The summed E-state index contributed by atoms with van der Waals surface area (Å²) in [6.45, 7) is 6.74. The Morgan fingerprint density at radius 2 is 0.831 bits per heavy atom. The van der Waals surface area contributed by atoms with Crippen molar-refractivity contribution >= 4 is 19.7 Å². The van der Waals surface area contributed by atoms with Gasteiger partial charge < -0.3 is 28.5 Å². The number of quaternary nitrogens is 1. The molecule has 0 aromatic rings. The largest absolute Gasteiger partial charge is 0.756 e. The van der Waals surface area contributed by atoms with E-state index in [9.17, 15) is 19.0 Å². The van der Waals surface area contributed by atoms with E-state index in [2.05, 4.69) is 86.8 Å². The molecule has 0 bridgehead atoms. The van der Waals surface area contributed by atoms with Crippen molar-refractivity contribution < 1.29 is 37.3 Å². The first-order chi connectivity index (χ1) is 37.4. The summed E-state index contributed by atoms with van der Waals surface area (Å²) in [7, 11) is 1.18. The number of likely N-dealkylation sites (N-methyl/N-ethyl adjacent to an activating group) is 1. The van der Waals surface area contributed by atoms with Gasteiger partial charge in [0.15, 0.2) is 0 Å². The van der Waals surface area contributed by atoms with Crippen molar-refractivity contribution in [3.8, 4) is 0 Å². The van der Waals surface area contributed by atoms with E-state index in [-0.39, 0.29) is 31.5 Å². The van der Waals surface area contributed by atoms with Gasteiger partial charge in [0.25, 0.3) is 7.82 Å². The van der Waals surface area contributed by atoms with E-state index in [1.165, 1.54) is 161 Å². The number of hydrogen-bond donors (Lipinski definition) is 1. The maximum absolute atomic E-state index is 13.5. The second kappa shape index (κ2) is 56.7. The third kappa shape index (κ3) is 57.9. The van der Waals surface area contributed by atoms with Crippen LogP contribution in [0.4, 0.5) is 0 Å². The van der Waals surface area contributed by atoms with Gasteiger partial charge in [-0.3, -0.25) is 14.2 Å². The molecule has 0 saturated carbocycles. The van der Waals surface area contributed by atoms with Crippen LogP contribution in [0.25, 0.3) is 0 Å². The van der Waals surface area contributed by atoms with Crippen LogP contribution < -0.4 is 10.2 Å². The van der Waals surface area contributed by atoms with Gasteiger partial charge in [-0.15, -0.1) is 0 Å². The molecule has 1 amide bonds. The Labute approximate surface area is 476 Å². The molecule has 0 aliphatic rings. The van der Waals surface area contributed by atoms with Crippen molar-refractivity contribution in [2.24, 2.45) is 0 Å². The lowest BCUT2D eigenvalue weighted by molar-refractivity contribution is -0.870. The average Bonchev–Trinajstić information content (AvgIpc) is 3.39. The zero-order valence-corrected chi connectivity index (χ0v) is 52.0. The first kappa shape index (κ1) is 74.5. The fourth-order valence-corrected chi connectivity index (χ4v) is 9.92. The molecule has 77 heavy (non-hydrogen) atoms. The van der Waals surface area contributed by atoms with Crippen LogP contribution in [-0.4, -0.2) is 69.4 Å². The van der Waals surface area contributed by atoms with Crippen LogP contribution in [0.3, 0.4) is 0 Å². The quantitative estimate of drug-likeness (QED) is 0.0212. The lowest BCUT2D eigenvalue weighted by Gasteiger charge is -2.30. The normalized spacial score (nSPS) is 14.1. The molecule has 3 atom stereocenters. The lowest BCUT2D eigenvalue weighted by atomic mass is 10.0. The van der Waals surface area contributed by atoms with Crippen molar-refractivity contribution in [2.45, 2.75) is 303 Å². The van der Waals surface area contributed by atoms with Gasteiger partial charge in [-0.1, -0.05) is 274 Å². The van der Waals surface area contributed by atoms with Crippen LogP contribution in [0.5, 0.6) is 0 Å². The number of hydrogen-bond acceptors (Lipinski definition) is 7. The first-order valence-corrected chi connectivity index (χ1v) is 33.7. The highest BCUT2D eigenvalue weighted by atomic mass is 31.2. The molecule has 0 fully saturated rings. The van der Waals surface area contributed by atoms with Crippen molar-refractivity contribution in [3.63, 3.8) is 0 Å². The van der Waals surface area contributed by atoms with Crippen LogP contribution >= 0.6 is 7.82 Å². The summed E-state index contributed by atoms with van der Waals surface area (Å²) in [6, 6.07) is -0.889. The van der Waals surface area contributed by atoms with Gasteiger partial charge >= 0.3 is 5.97 Å². The molecule has 10 heteroatoms. The molecule has 0 aliphatic heterocycles. The molecule has 0 aromatic heterocycles. The fourth-order valence-electron chi connectivity index (χ4n) is 9.20. The molecule has 0 spiro atoms. The minimum Gasteiger partial charge on any atom is -0.756 e. The number of carbonyl (C=O) groups is 2. The number of phosphoric acid groups is 1. The van der Waals surface area contributed by atoms with Gasteiger partial charge in [0.1, 0.15) is 19.3 Å². The second-order valence-electron chi connectivity index (χ2n) is 22.9. The summed E-state index contributed by atoms with van der Waals surface area (Å²) in [4.78, 5) is 40.0. The minimum absolute atomic E-state index is 0.0233. The molecule has 1 N–H and O–H groups in total. The number of amides is 1. The summed E-state index contributed by atoms with van der Waals surface area (Å²) >= 11 is 0. The summed E-state index contributed by atoms with van der Waals surface area (Å²) < 4.78 is 30.3. The highest BCUT2D eigenvalue weighted by Gasteiger charge is 2.27. The minimum atomic E-state index is -4.70. The molecule has 0 radical (unpaired) electrons. The Morgan fingerprint density at radius 3 is 1.25 bits per heavy atom. The third-order valence-corrected chi connectivity index (χ3v) is 15.1. The van der Waals surface area contributed by atoms with E-state index in [0.29, 0.717) is 17.4 Å². The Kier molecular flexibility index (Phi) is 54.8. The number of ether oxygens (including phenoxy) is 1. The zero-order valence-electron chi connectivity index (χ0n) is 51.2. The van der Waals surface area contributed by atoms with Crippen LogP contribution in [0.2, 0.25) is 0 Å². The van der Waals surface area contributed by atoms with Gasteiger partial charge in [-0.2, -0.15) is 0 Å². The smallest absolute Gasteiger partial charge is 0.306 e. The van der Waals surface area contributed by atoms with Gasteiger partial charge in [-0.25, -0.2) is 0 Å². The number of allylic oxidation sites excluding steroid dienone is 11. The van der Waals surface area contributed by atoms with E-state index >= 15 is 0 Å². The maximum atomic E-state index is 13.5. The number of carbonyl (C=O) groups excluding carboxylic acids is 2. The Morgan fingerprint density at radius 1 is 0.468 bits per heavy atom. The zero-order chi connectivity index (χ0) is 56.4. The fraction of sp³-hybridized carbons (Fsp3) is 0.791. The van der Waals surface area contributed by atoms with Gasteiger partial charge in [0.2, 0.25) is 5.91 Å². The highest BCUT2D eigenvalue weighted by Crippen LogP contribution is 2.38. The summed E-state index contributed by atoms with van der Waals surface area (Å²) in [5.41, 5.74) is 0. The molecule has 3 unspecified atom stereocenters. The van der Waals surface area contributed by atoms with E-state index in [1.807, 2.05) is 33.3 Å². The molecule has 0 heterocycles. The second-order valence-corrected chi connectivity index (χ2v) is 24.3. The number of nitrogens with one attached hydrogen (secondary N) is 1. The van der Waals surface area contributed by atoms with E-state index < -0.39 is 20.0 Å². The molecule has 0 aliphatic carbocycles. The Hall–Kier alpha value is -2.55. The SMILES string of the molecule is CC/C=C\C/C=C\C/C=C\C/C=C\C/C=C\CCCCCCCCCCCCCC(=O)NC(COP(=O)([O-])OCC[N+](C)(C)C)C(/C=C\CCCCCCCCCCC)OC(=O)CCCCCCCCCCCCCCC. The van der Waals surface area contributed by atoms with Crippen LogP contribution in [0, 0.1) is 0 Å².